The molecule has 5 nitrogen and oxygen atoms in total. The third-order valence-corrected chi connectivity index (χ3v) is 5.46. The Hall–Kier alpha value is -1.59. The maximum atomic E-state index is 12.2. The summed E-state index contributed by atoms with van der Waals surface area (Å²) in [4.78, 5) is 14.7. The van der Waals surface area contributed by atoms with Crippen LogP contribution in [0.5, 0.6) is 0 Å². The SMILES string of the molecule is Cc1ccccc1CN1CCC(NC(=O)NC(C)C2CCCO2)CC1. The monoisotopic (exact) mass is 345 g/mol. The molecule has 0 radical (unpaired) electrons. The number of aryl methyl sites for hydroxylation is 1. The molecule has 0 spiro atoms. The molecule has 0 aromatic heterocycles. The van der Waals surface area contributed by atoms with E-state index in [0.717, 1.165) is 51.9 Å². The molecule has 2 fully saturated rings. The summed E-state index contributed by atoms with van der Waals surface area (Å²) in [6.45, 7) is 8.07. The minimum absolute atomic E-state index is 0.0552. The van der Waals surface area contributed by atoms with Gasteiger partial charge in [0.2, 0.25) is 0 Å². The van der Waals surface area contributed by atoms with Crippen molar-refractivity contribution in [3.05, 3.63) is 35.4 Å². The summed E-state index contributed by atoms with van der Waals surface area (Å²) in [5, 5.41) is 6.18. The van der Waals surface area contributed by atoms with Crippen LogP contribution in [0.15, 0.2) is 24.3 Å². The number of hydrogen-bond acceptors (Lipinski definition) is 3. The Bertz CT molecular complexity index is 564. The molecule has 25 heavy (non-hydrogen) atoms. The fourth-order valence-electron chi connectivity index (χ4n) is 3.79. The largest absolute Gasteiger partial charge is 0.376 e. The number of amides is 2. The van der Waals surface area contributed by atoms with Gasteiger partial charge >= 0.3 is 6.03 Å². The van der Waals surface area contributed by atoms with Crippen LogP contribution in [0.1, 0.15) is 43.7 Å². The number of nitrogens with zero attached hydrogens (tertiary/aromatic N) is 1. The van der Waals surface area contributed by atoms with E-state index in [0.29, 0.717) is 0 Å². The van der Waals surface area contributed by atoms with E-state index in [9.17, 15) is 4.79 Å². The van der Waals surface area contributed by atoms with Gasteiger partial charge in [0.05, 0.1) is 12.1 Å². The first kappa shape index (κ1) is 18.2. The van der Waals surface area contributed by atoms with Crippen LogP contribution in [0.2, 0.25) is 0 Å². The second-order valence-electron chi connectivity index (χ2n) is 7.43. The van der Waals surface area contributed by atoms with Gasteiger partial charge in [-0.05, 0) is 50.7 Å². The number of ether oxygens (including phenoxy) is 1. The number of nitrogens with one attached hydrogen (secondary N) is 2. The smallest absolute Gasteiger partial charge is 0.315 e. The molecule has 1 aromatic carbocycles. The molecule has 2 heterocycles. The molecule has 2 N–H and O–H groups in total. The van der Waals surface area contributed by atoms with Gasteiger partial charge in [0.25, 0.3) is 0 Å². The molecule has 2 atom stereocenters. The molecule has 2 saturated heterocycles. The van der Waals surface area contributed by atoms with Crippen molar-refractivity contribution >= 4 is 6.03 Å². The number of likely N-dealkylation sites (tertiary alicyclic amines) is 1. The van der Waals surface area contributed by atoms with Gasteiger partial charge in [-0.3, -0.25) is 4.90 Å². The predicted octanol–water partition coefficient (Wildman–Crippen LogP) is 2.83. The van der Waals surface area contributed by atoms with Gasteiger partial charge < -0.3 is 15.4 Å². The van der Waals surface area contributed by atoms with Crippen LogP contribution in [-0.4, -0.2) is 48.8 Å². The maximum absolute atomic E-state index is 12.2. The summed E-state index contributed by atoms with van der Waals surface area (Å²) in [6.07, 6.45) is 4.32. The average Bonchev–Trinajstić information content (AvgIpc) is 3.13. The number of benzene rings is 1. The first-order chi connectivity index (χ1) is 12.1. The molecular weight excluding hydrogens is 314 g/mol. The van der Waals surface area contributed by atoms with Crippen LogP contribution in [0.3, 0.4) is 0 Å². The van der Waals surface area contributed by atoms with Crippen LogP contribution in [0.25, 0.3) is 0 Å². The fraction of sp³-hybridized carbons (Fsp3) is 0.650. The molecule has 2 amide bonds. The zero-order chi connectivity index (χ0) is 17.6. The molecular formula is C20H31N3O2. The summed E-state index contributed by atoms with van der Waals surface area (Å²) >= 11 is 0. The van der Waals surface area contributed by atoms with Crippen LogP contribution < -0.4 is 10.6 Å². The average molecular weight is 345 g/mol. The quantitative estimate of drug-likeness (QED) is 0.863. The Morgan fingerprint density at radius 2 is 2.04 bits per heavy atom. The highest BCUT2D eigenvalue weighted by Gasteiger charge is 2.25. The normalized spacial score (nSPS) is 23.4. The Balaban J connectivity index is 1.38. The number of piperidine rings is 1. The summed E-state index contributed by atoms with van der Waals surface area (Å²) in [6, 6.07) is 8.86. The van der Waals surface area contributed by atoms with Gasteiger partial charge in [-0.2, -0.15) is 0 Å². The maximum Gasteiger partial charge on any atom is 0.315 e. The molecule has 0 saturated carbocycles. The zero-order valence-electron chi connectivity index (χ0n) is 15.5. The predicted molar refractivity (Wildman–Crippen MR) is 99.6 cm³/mol. The van der Waals surface area contributed by atoms with Crippen LogP contribution in [0, 0.1) is 6.92 Å². The summed E-state index contributed by atoms with van der Waals surface area (Å²) in [7, 11) is 0. The van der Waals surface area contributed by atoms with E-state index in [1.807, 2.05) is 6.92 Å². The van der Waals surface area contributed by atoms with E-state index < -0.39 is 0 Å². The van der Waals surface area contributed by atoms with Crippen LogP contribution in [-0.2, 0) is 11.3 Å². The minimum Gasteiger partial charge on any atom is -0.376 e. The lowest BCUT2D eigenvalue weighted by Crippen LogP contribution is -2.51. The van der Waals surface area contributed by atoms with Crippen molar-refractivity contribution in [2.75, 3.05) is 19.7 Å². The van der Waals surface area contributed by atoms with Gasteiger partial charge in [0.15, 0.2) is 0 Å². The summed E-state index contributed by atoms with van der Waals surface area (Å²) in [5.74, 6) is 0. The van der Waals surface area contributed by atoms with Crippen molar-refractivity contribution in [3.8, 4) is 0 Å². The van der Waals surface area contributed by atoms with Gasteiger partial charge in [-0.1, -0.05) is 24.3 Å². The lowest BCUT2D eigenvalue weighted by Gasteiger charge is -2.33. The molecule has 5 heteroatoms. The third kappa shape index (κ3) is 5.19. The Kier molecular flexibility index (Phi) is 6.32. The van der Waals surface area contributed by atoms with Crippen LogP contribution >= 0.6 is 0 Å². The Morgan fingerprint density at radius 3 is 2.72 bits per heavy atom. The standard InChI is InChI=1S/C20H31N3O2/c1-15-6-3-4-7-17(15)14-23-11-9-18(10-12-23)22-20(24)21-16(2)19-8-5-13-25-19/h3-4,6-7,16,18-19H,5,8-14H2,1-2H3,(H2,21,22,24). The van der Waals surface area contributed by atoms with Crippen molar-refractivity contribution < 1.29 is 9.53 Å². The number of rotatable bonds is 5. The highest BCUT2D eigenvalue weighted by molar-refractivity contribution is 5.74. The van der Waals surface area contributed by atoms with E-state index in [1.54, 1.807) is 0 Å². The molecule has 1 aromatic rings. The fourth-order valence-corrected chi connectivity index (χ4v) is 3.79. The first-order valence-electron chi connectivity index (χ1n) is 9.57. The van der Waals surface area contributed by atoms with Crippen molar-refractivity contribution in [2.45, 2.75) is 64.3 Å². The lowest BCUT2D eigenvalue weighted by atomic mass is 10.0. The first-order valence-corrected chi connectivity index (χ1v) is 9.57. The van der Waals surface area contributed by atoms with E-state index in [1.165, 1.54) is 11.1 Å². The Morgan fingerprint density at radius 1 is 1.28 bits per heavy atom. The van der Waals surface area contributed by atoms with Gasteiger partial charge in [-0.15, -0.1) is 0 Å². The third-order valence-electron chi connectivity index (χ3n) is 5.46. The molecule has 138 valence electrons. The van der Waals surface area contributed by atoms with Crippen molar-refractivity contribution in [1.82, 2.24) is 15.5 Å². The molecule has 3 rings (SSSR count). The molecule has 0 bridgehead atoms. The Labute approximate surface area is 151 Å². The molecule has 2 unspecified atom stereocenters. The second-order valence-corrected chi connectivity index (χ2v) is 7.43. The molecule has 2 aliphatic rings. The van der Waals surface area contributed by atoms with Crippen molar-refractivity contribution in [2.24, 2.45) is 0 Å². The number of urea groups is 1. The number of carbonyl (C=O) groups is 1. The number of carbonyl (C=O) groups excluding carboxylic acids is 1. The highest BCUT2D eigenvalue weighted by Crippen LogP contribution is 2.17. The number of hydrogen-bond donors (Lipinski definition) is 2. The molecule has 0 aliphatic carbocycles. The van der Waals surface area contributed by atoms with Gasteiger partial charge in [-0.25, -0.2) is 4.79 Å². The van der Waals surface area contributed by atoms with Crippen molar-refractivity contribution in [3.63, 3.8) is 0 Å². The second kappa shape index (κ2) is 8.68. The summed E-state index contributed by atoms with van der Waals surface area (Å²) in [5.41, 5.74) is 2.75. The van der Waals surface area contributed by atoms with E-state index in [2.05, 4.69) is 46.7 Å². The van der Waals surface area contributed by atoms with E-state index >= 15 is 0 Å². The lowest BCUT2D eigenvalue weighted by molar-refractivity contribution is 0.0855. The van der Waals surface area contributed by atoms with Crippen LogP contribution in [0.4, 0.5) is 4.79 Å². The molecule has 2 aliphatic heterocycles. The minimum atomic E-state index is -0.0552. The van der Waals surface area contributed by atoms with E-state index in [-0.39, 0.29) is 24.2 Å². The summed E-state index contributed by atoms with van der Waals surface area (Å²) < 4.78 is 5.64. The van der Waals surface area contributed by atoms with E-state index in [4.69, 9.17) is 4.74 Å². The zero-order valence-corrected chi connectivity index (χ0v) is 15.5. The van der Waals surface area contributed by atoms with Crippen molar-refractivity contribution in [1.29, 1.82) is 0 Å². The van der Waals surface area contributed by atoms with Gasteiger partial charge in [0, 0.05) is 32.3 Å². The highest BCUT2D eigenvalue weighted by atomic mass is 16.5. The topological polar surface area (TPSA) is 53.6 Å². The van der Waals surface area contributed by atoms with Gasteiger partial charge in [0.1, 0.15) is 0 Å².